The van der Waals surface area contributed by atoms with Gasteiger partial charge in [0.2, 0.25) is 10.0 Å². The molecule has 14 heteroatoms. The van der Waals surface area contributed by atoms with Crippen molar-refractivity contribution in [3.8, 4) is 0 Å². The fraction of sp³-hybridized carbons (Fsp3) is 0.267. The summed E-state index contributed by atoms with van der Waals surface area (Å²) in [6.07, 6.45) is -4.04. The van der Waals surface area contributed by atoms with Crippen LogP contribution in [0.5, 0.6) is 0 Å². The number of carbonyl (C=O) groups excluding carboxylic acids is 1. The third kappa shape index (κ3) is 4.82. The fourth-order valence-corrected chi connectivity index (χ4v) is 4.28. The number of amides is 1. The number of nitrogens with zero attached hydrogens (tertiary/aromatic N) is 1. The maximum atomic E-state index is 14.0. The molecule has 0 saturated carbocycles. The molecule has 2 aromatic rings. The zero-order valence-corrected chi connectivity index (χ0v) is 16.9. The highest BCUT2D eigenvalue weighted by atomic mass is 35.5. The van der Waals surface area contributed by atoms with Crippen LogP contribution < -0.4 is 10.0 Å². The number of rotatable bonds is 5. The number of carbonyl (C=O) groups is 1. The molecule has 0 spiro atoms. The van der Waals surface area contributed by atoms with Crippen LogP contribution in [0.25, 0.3) is 0 Å². The van der Waals surface area contributed by atoms with Gasteiger partial charge >= 0.3 is 6.18 Å². The van der Waals surface area contributed by atoms with Crippen molar-refractivity contribution >= 4 is 44.8 Å². The standard InChI is InChI=1S/C15H12Cl2F5N3O3S/c1-6(15(20,21)22)24-29(27,28)9-5-25(2)13(11(9)17)14(26)23-8-4-3-7(18)10(16)12(8)19/h3-6,24H,1-2H3,(H,23,26)/t6-/m1/s1. The fourth-order valence-electron chi connectivity index (χ4n) is 2.18. The van der Waals surface area contributed by atoms with Gasteiger partial charge in [-0.15, -0.1) is 0 Å². The van der Waals surface area contributed by atoms with E-state index in [4.69, 9.17) is 23.2 Å². The SMILES string of the molecule is C[C@@H](NS(=O)(=O)c1cn(C)c(C(=O)Nc2ccc(F)c(Cl)c2F)c1Cl)C(F)(F)F. The number of hydrogen-bond acceptors (Lipinski definition) is 3. The van der Waals surface area contributed by atoms with Crippen LogP contribution in [0.3, 0.4) is 0 Å². The topological polar surface area (TPSA) is 80.2 Å². The zero-order chi connectivity index (χ0) is 22.3. The Balaban J connectivity index is 2.39. The molecule has 0 aliphatic heterocycles. The van der Waals surface area contributed by atoms with E-state index in [1.54, 1.807) is 0 Å². The molecule has 1 amide bonds. The second-order valence-electron chi connectivity index (χ2n) is 5.83. The lowest BCUT2D eigenvalue weighted by atomic mass is 10.2. The lowest BCUT2D eigenvalue weighted by molar-refractivity contribution is -0.147. The Morgan fingerprint density at radius 1 is 1.17 bits per heavy atom. The highest BCUT2D eigenvalue weighted by molar-refractivity contribution is 7.89. The molecule has 0 bridgehead atoms. The molecule has 1 heterocycles. The second kappa shape index (κ2) is 8.09. The summed E-state index contributed by atoms with van der Waals surface area (Å²) in [6.45, 7) is 0.586. The van der Waals surface area contributed by atoms with Gasteiger partial charge in [0.25, 0.3) is 5.91 Å². The Morgan fingerprint density at radius 3 is 2.31 bits per heavy atom. The smallest absolute Gasteiger partial charge is 0.344 e. The van der Waals surface area contributed by atoms with Gasteiger partial charge in [-0.2, -0.15) is 17.9 Å². The normalized spacial score (nSPS) is 13.4. The summed E-state index contributed by atoms with van der Waals surface area (Å²) in [5.74, 6) is -3.46. The summed E-state index contributed by atoms with van der Waals surface area (Å²) in [4.78, 5) is 11.6. The summed E-state index contributed by atoms with van der Waals surface area (Å²) in [5.41, 5.74) is -1.02. The largest absolute Gasteiger partial charge is 0.404 e. The Bertz CT molecular complexity index is 1070. The minimum absolute atomic E-state index is 0.494. The number of anilines is 1. The second-order valence-corrected chi connectivity index (χ2v) is 8.27. The van der Waals surface area contributed by atoms with E-state index in [9.17, 15) is 35.2 Å². The van der Waals surface area contributed by atoms with Gasteiger partial charge in [0.15, 0.2) is 5.82 Å². The van der Waals surface area contributed by atoms with Gasteiger partial charge in [-0.25, -0.2) is 17.2 Å². The van der Waals surface area contributed by atoms with Crippen molar-refractivity contribution in [2.75, 3.05) is 5.32 Å². The van der Waals surface area contributed by atoms with E-state index in [1.807, 2.05) is 5.32 Å². The van der Waals surface area contributed by atoms with E-state index in [-0.39, 0.29) is 0 Å². The molecule has 0 fully saturated rings. The molecule has 160 valence electrons. The molecule has 1 aromatic heterocycles. The summed E-state index contributed by atoms with van der Waals surface area (Å²) in [5, 5.41) is 0.466. The number of hydrogen-bond donors (Lipinski definition) is 2. The van der Waals surface area contributed by atoms with Crippen molar-refractivity contribution < 1.29 is 35.2 Å². The first kappa shape index (κ1) is 23.4. The van der Waals surface area contributed by atoms with Crippen molar-refractivity contribution in [2.24, 2.45) is 7.05 Å². The summed E-state index contributed by atoms with van der Waals surface area (Å²) >= 11 is 11.3. The third-order valence-corrected chi connectivity index (χ3v) is 6.09. The maximum Gasteiger partial charge on any atom is 0.404 e. The molecular weight excluding hydrogens is 468 g/mol. The molecule has 2 rings (SSSR count). The summed E-state index contributed by atoms with van der Waals surface area (Å²) < 4.78 is 91.9. The van der Waals surface area contributed by atoms with Crippen LogP contribution in [0.1, 0.15) is 17.4 Å². The number of aromatic nitrogens is 1. The van der Waals surface area contributed by atoms with Crippen LogP contribution >= 0.6 is 23.2 Å². The van der Waals surface area contributed by atoms with Gasteiger partial charge in [0, 0.05) is 13.2 Å². The number of aryl methyl sites for hydroxylation is 1. The van der Waals surface area contributed by atoms with E-state index in [0.717, 1.165) is 22.9 Å². The van der Waals surface area contributed by atoms with Gasteiger partial charge in [-0.05, 0) is 19.1 Å². The Morgan fingerprint density at radius 2 is 1.76 bits per heavy atom. The predicted octanol–water partition coefficient (Wildman–Crippen LogP) is 4.09. The van der Waals surface area contributed by atoms with Gasteiger partial charge in [-0.3, -0.25) is 4.79 Å². The van der Waals surface area contributed by atoms with E-state index in [2.05, 4.69) is 0 Å². The first-order chi connectivity index (χ1) is 13.2. The number of nitrogens with one attached hydrogen (secondary N) is 2. The number of halogens is 7. The van der Waals surface area contributed by atoms with Gasteiger partial charge in [-0.1, -0.05) is 23.2 Å². The molecule has 0 saturated heterocycles. The highest BCUT2D eigenvalue weighted by Gasteiger charge is 2.40. The zero-order valence-electron chi connectivity index (χ0n) is 14.5. The molecule has 0 radical (unpaired) electrons. The average molecular weight is 480 g/mol. The Hall–Kier alpha value is -1.89. The maximum absolute atomic E-state index is 14.0. The molecule has 6 nitrogen and oxygen atoms in total. The Labute approximate surface area is 171 Å². The third-order valence-electron chi connectivity index (χ3n) is 3.70. The van der Waals surface area contributed by atoms with Crippen molar-refractivity contribution in [1.82, 2.24) is 9.29 Å². The first-order valence-corrected chi connectivity index (χ1v) is 9.79. The predicted molar refractivity (Wildman–Crippen MR) is 95.6 cm³/mol. The summed E-state index contributed by atoms with van der Waals surface area (Å²) in [7, 11) is -3.55. The van der Waals surface area contributed by atoms with Gasteiger partial charge < -0.3 is 9.88 Å². The average Bonchev–Trinajstić information content (AvgIpc) is 2.89. The van der Waals surface area contributed by atoms with Crippen molar-refractivity contribution in [2.45, 2.75) is 24.0 Å². The van der Waals surface area contributed by atoms with E-state index >= 15 is 0 Å². The van der Waals surface area contributed by atoms with Crippen LogP contribution in [0, 0.1) is 11.6 Å². The molecular formula is C15H12Cl2F5N3O3S. The van der Waals surface area contributed by atoms with Crippen LogP contribution in [-0.2, 0) is 17.1 Å². The molecule has 2 N–H and O–H groups in total. The molecule has 1 atom stereocenters. The van der Waals surface area contributed by atoms with Crippen LogP contribution in [-0.4, -0.2) is 31.1 Å². The lowest BCUT2D eigenvalue weighted by Gasteiger charge is -2.16. The minimum atomic E-state index is -4.85. The van der Waals surface area contributed by atoms with Crippen molar-refractivity contribution in [1.29, 1.82) is 0 Å². The highest BCUT2D eigenvalue weighted by Crippen LogP contribution is 2.31. The van der Waals surface area contributed by atoms with Crippen molar-refractivity contribution in [3.63, 3.8) is 0 Å². The molecule has 0 aliphatic rings. The number of benzene rings is 1. The quantitative estimate of drug-likeness (QED) is 0.500. The van der Waals surface area contributed by atoms with E-state index < -0.39 is 66.1 Å². The summed E-state index contributed by atoms with van der Waals surface area (Å²) in [6, 6.07) is -0.766. The number of sulfonamides is 1. The van der Waals surface area contributed by atoms with E-state index in [0.29, 0.717) is 6.92 Å². The first-order valence-electron chi connectivity index (χ1n) is 7.55. The number of alkyl halides is 3. The van der Waals surface area contributed by atoms with E-state index in [1.165, 1.54) is 11.8 Å². The monoisotopic (exact) mass is 479 g/mol. The molecule has 0 unspecified atom stereocenters. The molecule has 0 aliphatic carbocycles. The van der Waals surface area contributed by atoms with Gasteiger partial charge in [0.05, 0.1) is 10.7 Å². The van der Waals surface area contributed by atoms with Gasteiger partial charge in [0.1, 0.15) is 27.5 Å². The molecule has 1 aromatic carbocycles. The minimum Gasteiger partial charge on any atom is -0.344 e. The lowest BCUT2D eigenvalue weighted by Crippen LogP contribution is -2.42. The van der Waals surface area contributed by atoms with Crippen LogP contribution in [0.4, 0.5) is 27.6 Å². The van der Waals surface area contributed by atoms with Crippen molar-refractivity contribution in [3.05, 3.63) is 45.7 Å². The Kier molecular flexibility index (Phi) is 6.52. The molecule has 29 heavy (non-hydrogen) atoms. The van der Waals surface area contributed by atoms with Crippen LogP contribution in [0.2, 0.25) is 10.0 Å². The van der Waals surface area contributed by atoms with Crippen LogP contribution in [0.15, 0.2) is 23.2 Å².